The number of aryl methyl sites for hydroxylation is 1. The van der Waals surface area contributed by atoms with Crippen LogP contribution in [0.5, 0.6) is 0 Å². The molecule has 0 bridgehead atoms. The predicted molar refractivity (Wildman–Crippen MR) is 120 cm³/mol. The molecule has 0 spiro atoms. The number of guanidine groups is 1. The lowest BCUT2D eigenvalue weighted by atomic mass is 10.2. The molecule has 2 N–H and O–H groups in total. The Labute approximate surface area is 181 Å². The Hall–Kier alpha value is -3.16. The highest BCUT2D eigenvalue weighted by Crippen LogP contribution is 2.26. The molecule has 1 fully saturated rings. The van der Waals surface area contributed by atoms with Gasteiger partial charge < -0.3 is 19.9 Å². The summed E-state index contributed by atoms with van der Waals surface area (Å²) < 4.78 is 30.2. The average molecular weight is 427 g/mol. The summed E-state index contributed by atoms with van der Waals surface area (Å²) in [6, 6.07) is 8.11. The number of para-hydroxylation sites is 1. The van der Waals surface area contributed by atoms with Crippen LogP contribution >= 0.6 is 0 Å². The van der Waals surface area contributed by atoms with Gasteiger partial charge in [0.2, 0.25) is 0 Å². The summed E-state index contributed by atoms with van der Waals surface area (Å²) in [6.07, 6.45) is 5.55. The molecule has 1 saturated heterocycles. The monoisotopic (exact) mass is 426 g/mol. The van der Waals surface area contributed by atoms with Crippen molar-refractivity contribution in [3.63, 3.8) is 0 Å². The van der Waals surface area contributed by atoms with Gasteiger partial charge >= 0.3 is 0 Å². The minimum Gasteiger partial charge on any atom is -0.365 e. The van der Waals surface area contributed by atoms with Crippen LogP contribution in [0.1, 0.15) is 24.6 Å². The van der Waals surface area contributed by atoms with Crippen molar-refractivity contribution >= 4 is 17.3 Å². The van der Waals surface area contributed by atoms with Crippen molar-refractivity contribution in [2.24, 2.45) is 4.99 Å². The Morgan fingerprint density at radius 3 is 2.77 bits per heavy atom. The lowest BCUT2D eigenvalue weighted by Gasteiger charge is -2.21. The number of fused-ring (bicyclic) bond motifs is 1. The average Bonchev–Trinajstić information content (AvgIpc) is 3.36. The largest absolute Gasteiger partial charge is 0.365 e. The smallest absolute Gasteiger partial charge is 0.191 e. The molecule has 0 radical (unpaired) electrons. The van der Waals surface area contributed by atoms with Crippen LogP contribution in [0.4, 0.5) is 14.5 Å². The van der Waals surface area contributed by atoms with Gasteiger partial charge in [-0.05, 0) is 44.0 Å². The summed E-state index contributed by atoms with van der Waals surface area (Å²) in [5.41, 5.74) is 3.16. The molecule has 3 heterocycles. The molecule has 6 nitrogen and oxygen atoms in total. The van der Waals surface area contributed by atoms with Crippen LogP contribution in [-0.2, 0) is 6.42 Å². The van der Waals surface area contributed by atoms with Crippen LogP contribution in [-0.4, -0.2) is 47.6 Å². The highest BCUT2D eigenvalue weighted by atomic mass is 19.1. The number of benzene rings is 1. The topological polar surface area (TPSA) is 57.0 Å². The molecule has 1 unspecified atom stereocenters. The number of rotatable bonds is 6. The zero-order chi connectivity index (χ0) is 21.8. The van der Waals surface area contributed by atoms with Gasteiger partial charge in [0.15, 0.2) is 5.96 Å². The normalized spacial score (nSPS) is 16.8. The molecule has 1 aliphatic heterocycles. The second-order valence-electron chi connectivity index (χ2n) is 7.81. The van der Waals surface area contributed by atoms with Crippen molar-refractivity contribution in [2.75, 3.05) is 31.1 Å². The third-order valence-electron chi connectivity index (χ3n) is 5.49. The molecule has 3 aromatic rings. The van der Waals surface area contributed by atoms with E-state index in [0.29, 0.717) is 25.6 Å². The van der Waals surface area contributed by atoms with E-state index in [-0.39, 0.29) is 11.7 Å². The van der Waals surface area contributed by atoms with E-state index in [1.54, 1.807) is 4.90 Å². The Kier molecular flexibility index (Phi) is 6.34. The molecule has 0 aliphatic carbocycles. The molecule has 1 atom stereocenters. The number of anilines is 1. The molecule has 164 valence electrons. The number of aromatic nitrogens is 2. The number of hydrogen-bond donors (Lipinski definition) is 2. The third kappa shape index (κ3) is 4.78. The highest BCUT2D eigenvalue weighted by molar-refractivity contribution is 5.80. The van der Waals surface area contributed by atoms with Gasteiger partial charge in [0.05, 0.1) is 5.69 Å². The van der Waals surface area contributed by atoms with Crippen molar-refractivity contribution in [1.82, 2.24) is 20.0 Å². The van der Waals surface area contributed by atoms with Crippen LogP contribution in [0.3, 0.4) is 0 Å². The number of imidazole rings is 1. The first-order chi connectivity index (χ1) is 15.0. The molecule has 4 rings (SSSR count). The maximum absolute atomic E-state index is 14.1. The number of halogens is 2. The molecule has 0 saturated carbocycles. The van der Waals surface area contributed by atoms with Crippen molar-refractivity contribution < 1.29 is 8.78 Å². The van der Waals surface area contributed by atoms with Crippen molar-refractivity contribution in [1.29, 1.82) is 0 Å². The quantitative estimate of drug-likeness (QED) is 0.469. The number of aliphatic imine (C=N–C) groups is 1. The zero-order valence-electron chi connectivity index (χ0n) is 17.9. The van der Waals surface area contributed by atoms with Gasteiger partial charge in [0, 0.05) is 51.0 Å². The van der Waals surface area contributed by atoms with Crippen molar-refractivity contribution in [3.05, 3.63) is 65.6 Å². The van der Waals surface area contributed by atoms with E-state index in [0.717, 1.165) is 36.3 Å². The first-order valence-electron chi connectivity index (χ1n) is 10.7. The molecule has 0 amide bonds. The van der Waals surface area contributed by atoms with Crippen LogP contribution in [0.25, 0.3) is 5.65 Å². The maximum atomic E-state index is 14.1. The summed E-state index contributed by atoms with van der Waals surface area (Å²) in [7, 11) is 0. The van der Waals surface area contributed by atoms with E-state index in [1.165, 1.54) is 18.2 Å². The second kappa shape index (κ2) is 9.32. The second-order valence-corrected chi connectivity index (χ2v) is 7.81. The Morgan fingerprint density at radius 2 is 2.03 bits per heavy atom. The van der Waals surface area contributed by atoms with Gasteiger partial charge in [0.1, 0.15) is 23.0 Å². The third-order valence-corrected chi connectivity index (χ3v) is 5.49. The van der Waals surface area contributed by atoms with Gasteiger partial charge in [-0.3, -0.25) is 4.99 Å². The van der Waals surface area contributed by atoms with Crippen LogP contribution in [0, 0.1) is 18.6 Å². The fourth-order valence-electron chi connectivity index (χ4n) is 3.99. The van der Waals surface area contributed by atoms with E-state index in [4.69, 9.17) is 4.98 Å². The fraction of sp³-hybridized carbons (Fsp3) is 0.391. The molecular weight excluding hydrogens is 398 g/mol. The Balaban J connectivity index is 1.37. The van der Waals surface area contributed by atoms with E-state index in [9.17, 15) is 8.78 Å². The molecule has 1 aromatic carbocycles. The fourth-order valence-corrected chi connectivity index (χ4v) is 3.99. The van der Waals surface area contributed by atoms with Gasteiger partial charge in [-0.2, -0.15) is 0 Å². The minimum absolute atomic E-state index is 0.0517. The summed E-state index contributed by atoms with van der Waals surface area (Å²) >= 11 is 0. The minimum atomic E-state index is -0.524. The van der Waals surface area contributed by atoms with Gasteiger partial charge in [-0.15, -0.1) is 0 Å². The number of nitrogens with one attached hydrogen (secondary N) is 2. The SMILES string of the molecule is CCNC(=NCCc1cn2cccc(C)c2n1)NC1CCN(c2c(F)cccc2F)C1. The molecule has 1 aliphatic rings. The van der Waals surface area contributed by atoms with E-state index >= 15 is 0 Å². The van der Waals surface area contributed by atoms with E-state index in [1.807, 2.05) is 29.8 Å². The van der Waals surface area contributed by atoms with Crippen LogP contribution < -0.4 is 15.5 Å². The summed E-state index contributed by atoms with van der Waals surface area (Å²) in [6.45, 7) is 6.51. The highest BCUT2D eigenvalue weighted by Gasteiger charge is 2.27. The first-order valence-corrected chi connectivity index (χ1v) is 10.7. The summed E-state index contributed by atoms with van der Waals surface area (Å²) in [4.78, 5) is 11.1. The number of nitrogens with zero attached hydrogens (tertiary/aromatic N) is 4. The Morgan fingerprint density at radius 1 is 1.23 bits per heavy atom. The van der Waals surface area contributed by atoms with E-state index in [2.05, 4.69) is 28.6 Å². The zero-order valence-corrected chi connectivity index (χ0v) is 17.9. The summed E-state index contributed by atoms with van der Waals surface area (Å²) in [5, 5.41) is 6.66. The van der Waals surface area contributed by atoms with Gasteiger partial charge in [-0.1, -0.05) is 12.1 Å². The summed E-state index contributed by atoms with van der Waals surface area (Å²) in [5.74, 6) is -0.337. The predicted octanol–water partition coefficient (Wildman–Crippen LogP) is 3.30. The standard InChI is InChI=1S/C23H28F2N6/c1-3-26-23(27-11-9-17-15-31-12-5-6-16(2)22(31)28-17)29-18-10-13-30(14-18)21-19(24)7-4-8-20(21)25/h4-8,12,15,18H,3,9-11,13-14H2,1-2H3,(H2,26,27,29). The van der Waals surface area contributed by atoms with Crippen molar-refractivity contribution in [2.45, 2.75) is 32.7 Å². The number of pyridine rings is 1. The first kappa shape index (κ1) is 21.1. The lowest BCUT2D eigenvalue weighted by molar-refractivity contribution is 0.576. The van der Waals surface area contributed by atoms with Gasteiger partial charge in [0.25, 0.3) is 0 Å². The molecular formula is C23H28F2N6. The lowest BCUT2D eigenvalue weighted by Crippen LogP contribution is -2.44. The molecule has 8 heteroatoms. The molecule has 31 heavy (non-hydrogen) atoms. The number of hydrogen-bond acceptors (Lipinski definition) is 3. The maximum Gasteiger partial charge on any atom is 0.191 e. The van der Waals surface area contributed by atoms with Gasteiger partial charge in [-0.25, -0.2) is 13.8 Å². The Bertz CT molecular complexity index is 1060. The molecule has 2 aromatic heterocycles. The van der Waals surface area contributed by atoms with Crippen molar-refractivity contribution in [3.8, 4) is 0 Å². The van der Waals surface area contributed by atoms with Crippen LogP contribution in [0.15, 0.2) is 47.7 Å². The van der Waals surface area contributed by atoms with E-state index < -0.39 is 11.6 Å². The van der Waals surface area contributed by atoms with Crippen LogP contribution in [0.2, 0.25) is 0 Å².